The van der Waals surface area contributed by atoms with Crippen LogP contribution in [0.15, 0.2) is 39.5 Å². The number of carbonyl (C=O) groups excluding carboxylic acids is 1. The zero-order chi connectivity index (χ0) is 20.6. The van der Waals surface area contributed by atoms with Crippen LogP contribution in [0.4, 0.5) is 5.69 Å². The van der Waals surface area contributed by atoms with Gasteiger partial charge in [-0.2, -0.15) is 0 Å². The maximum Gasteiger partial charge on any atom is 0.264 e. The summed E-state index contributed by atoms with van der Waals surface area (Å²) in [4.78, 5) is 13.1. The highest BCUT2D eigenvalue weighted by Crippen LogP contribution is 2.60. The van der Waals surface area contributed by atoms with Crippen LogP contribution in [0.3, 0.4) is 0 Å². The minimum atomic E-state index is -3.89. The van der Waals surface area contributed by atoms with Crippen molar-refractivity contribution in [2.45, 2.75) is 57.3 Å². The van der Waals surface area contributed by atoms with E-state index in [4.69, 9.17) is 0 Å². The summed E-state index contributed by atoms with van der Waals surface area (Å²) < 4.78 is 28.0. The molecule has 0 unspecified atom stereocenters. The zero-order valence-electron chi connectivity index (χ0n) is 17.2. The third kappa shape index (κ3) is 4.04. The molecule has 158 valence electrons. The SMILES string of the molecule is CCN(CC)N=Nc1ccc(S(=O)(=O)NC(=O)C23CC4CC(CC(C4)C2)C3)cc1. The van der Waals surface area contributed by atoms with E-state index in [1.807, 2.05) is 13.8 Å². The fourth-order valence-electron chi connectivity index (χ4n) is 5.83. The van der Waals surface area contributed by atoms with Crippen LogP contribution in [0.2, 0.25) is 0 Å². The third-order valence-electron chi connectivity index (χ3n) is 6.91. The number of nitrogens with one attached hydrogen (secondary N) is 1. The molecule has 0 saturated heterocycles. The Hall–Kier alpha value is -1.96. The lowest BCUT2D eigenvalue weighted by Gasteiger charge is -2.55. The molecule has 0 spiro atoms. The second-order valence-electron chi connectivity index (χ2n) is 8.95. The van der Waals surface area contributed by atoms with Crippen molar-refractivity contribution in [3.8, 4) is 0 Å². The van der Waals surface area contributed by atoms with Gasteiger partial charge in [0.05, 0.1) is 16.0 Å². The maximum atomic E-state index is 13.1. The summed E-state index contributed by atoms with van der Waals surface area (Å²) in [7, 11) is -3.89. The second-order valence-corrected chi connectivity index (χ2v) is 10.6. The minimum absolute atomic E-state index is 0.0809. The first-order valence-electron chi connectivity index (χ1n) is 10.7. The quantitative estimate of drug-likeness (QED) is 0.534. The first-order valence-corrected chi connectivity index (χ1v) is 12.2. The van der Waals surface area contributed by atoms with Crippen molar-refractivity contribution in [1.29, 1.82) is 0 Å². The third-order valence-corrected chi connectivity index (χ3v) is 8.26. The van der Waals surface area contributed by atoms with Crippen molar-refractivity contribution in [3.63, 3.8) is 0 Å². The molecule has 4 aliphatic rings. The minimum Gasteiger partial charge on any atom is -0.279 e. The fraction of sp³-hybridized carbons (Fsp3) is 0.667. The lowest BCUT2D eigenvalue weighted by Crippen LogP contribution is -2.54. The van der Waals surface area contributed by atoms with Crippen LogP contribution in [-0.4, -0.2) is 32.4 Å². The van der Waals surface area contributed by atoms with Gasteiger partial charge in [0.25, 0.3) is 10.0 Å². The van der Waals surface area contributed by atoms with Crippen LogP contribution in [-0.2, 0) is 14.8 Å². The Morgan fingerprint density at radius 1 is 1.03 bits per heavy atom. The largest absolute Gasteiger partial charge is 0.279 e. The van der Waals surface area contributed by atoms with Crippen LogP contribution in [0.1, 0.15) is 52.4 Å². The first-order chi connectivity index (χ1) is 13.8. The van der Waals surface area contributed by atoms with Gasteiger partial charge in [-0.1, -0.05) is 5.22 Å². The van der Waals surface area contributed by atoms with Gasteiger partial charge in [0.1, 0.15) is 0 Å². The number of hydrogen-bond acceptors (Lipinski definition) is 5. The summed E-state index contributed by atoms with van der Waals surface area (Å²) >= 11 is 0. The van der Waals surface area contributed by atoms with Crippen LogP contribution >= 0.6 is 0 Å². The molecule has 4 fully saturated rings. The molecule has 4 bridgehead atoms. The Morgan fingerprint density at radius 2 is 1.55 bits per heavy atom. The van der Waals surface area contributed by atoms with Gasteiger partial charge < -0.3 is 0 Å². The van der Waals surface area contributed by atoms with Crippen molar-refractivity contribution in [3.05, 3.63) is 24.3 Å². The van der Waals surface area contributed by atoms with Crippen LogP contribution < -0.4 is 4.72 Å². The van der Waals surface area contributed by atoms with Gasteiger partial charge >= 0.3 is 0 Å². The molecule has 5 rings (SSSR count). The van der Waals surface area contributed by atoms with Crippen LogP contribution in [0.25, 0.3) is 0 Å². The Bertz CT molecular complexity index is 856. The summed E-state index contributed by atoms with van der Waals surface area (Å²) in [5, 5.41) is 10.0. The standard InChI is InChI=1S/C21H30N4O3S/c1-3-25(4-2)24-22-18-5-7-19(8-6-18)29(27,28)23-20(26)21-12-15-9-16(13-21)11-17(10-15)14-21/h5-8,15-17H,3-4,9-14H2,1-2H3,(H,23,26). The lowest BCUT2D eigenvalue weighted by atomic mass is 9.49. The molecule has 1 aromatic carbocycles. The lowest BCUT2D eigenvalue weighted by molar-refractivity contribution is -0.144. The first kappa shape index (κ1) is 20.3. The van der Waals surface area contributed by atoms with E-state index in [2.05, 4.69) is 15.1 Å². The van der Waals surface area contributed by atoms with E-state index in [1.54, 1.807) is 17.1 Å². The van der Waals surface area contributed by atoms with Gasteiger partial charge in [0, 0.05) is 13.1 Å². The molecule has 0 heterocycles. The molecule has 29 heavy (non-hydrogen) atoms. The fourth-order valence-corrected chi connectivity index (χ4v) is 6.91. The number of amides is 1. The van der Waals surface area contributed by atoms with E-state index in [1.165, 1.54) is 31.4 Å². The summed E-state index contributed by atoms with van der Waals surface area (Å²) in [6, 6.07) is 6.17. The molecule has 0 aromatic heterocycles. The Labute approximate surface area is 173 Å². The molecule has 4 saturated carbocycles. The molecular formula is C21H30N4O3S. The Morgan fingerprint density at radius 3 is 2.03 bits per heavy atom. The number of hydrogen-bond donors (Lipinski definition) is 1. The second kappa shape index (κ2) is 7.70. The van der Waals surface area contributed by atoms with Gasteiger partial charge in [-0.25, -0.2) is 13.1 Å². The molecule has 8 heteroatoms. The highest BCUT2D eigenvalue weighted by atomic mass is 32.2. The van der Waals surface area contributed by atoms with Crippen molar-refractivity contribution in [1.82, 2.24) is 9.73 Å². The average molecular weight is 419 g/mol. The summed E-state index contributed by atoms with van der Waals surface area (Å²) in [5.74, 6) is 1.46. The normalized spacial score (nSPS) is 30.6. The number of rotatable bonds is 7. The summed E-state index contributed by atoms with van der Waals surface area (Å²) in [5.41, 5.74) is 0.0861. The monoisotopic (exact) mass is 418 g/mol. The molecule has 1 N–H and O–H groups in total. The Balaban J connectivity index is 1.45. The number of nitrogens with zero attached hydrogens (tertiary/aromatic N) is 3. The number of sulfonamides is 1. The molecule has 1 amide bonds. The number of benzene rings is 1. The predicted molar refractivity (Wildman–Crippen MR) is 110 cm³/mol. The van der Waals surface area contributed by atoms with E-state index in [9.17, 15) is 13.2 Å². The van der Waals surface area contributed by atoms with Gasteiger partial charge in [0.15, 0.2) is 0 Å². The van der Waals surface area contributed by atoms with Gasteiger partial charge in [-0.3, -0.25) is 9.80 Å². The van der Waals surface area contributed by atoms with E-state index >= 15 is 0 Å². The van der Waals surface area contributed by atoms with E-state index in [-0.39, 0.29) is 10.8 Å². The van der Waals surface area contributed by atoms with Crippen molar-refractivity contribution < 1.29 is 13.2 Å². The Kier molecular flexibility index (Phi) is 5.40. The van der Waals surface area contributed by atoms with Crippen molar-refractivity contribution in [2.24, 2.45) is 33.5 Å². The zero-order valence-corrected chi connectivity index (χ0v) is 18.0. The highest BCUT2D eigenvalue weighted by Gasteiger charge is 2.55. The molecule has 0 aliphatic heterocycles. The van der Waals surface area contributed by atoms with Crippen LogP contribution in [0, 0.1) is 23.2 Å². The smallest absolute Gasteiger partial charge is 0.264 e. The highest BCUT2D eigenvalue weighted by molar-refractivity contribution is 7.90. The van der Waals surface area contributed by atoms with E-state index < -0.39 is 15.4 Å². The predicted octanol–water partition coefficient (Wildman–Crippen LogP) is 4.05. The molecule has 0 atom stereocenters. The van der Waals surface area contributed by atoms with E-state index in [0.29, 0.717) is 23.4 Å². The molecule has 7 nitrogen and oxygen atoms in total. The van der Waals surface area contributed by atoms with Gasteiger partial charge in [-0.05, 0) is 94.4 Å². The number of carbonyl (C=O) groups is 1. The molecule has 1 aromatic rings. The van der Waals surface area contributed by atoms with Gasteiger partial charge in [-0.15, -0.1) is 5.11 Å². The van der Waals surface area contributed by atoms with Crippen molar-refractivity contribution in [2.75, 3.05) is 13.1 Å². The summed E-state index contributed by atoms with van der Waals surface area (Å²) in [6.45, 7) is 5.49. The molecule has 4 aliphatic carbocycles. The van der Waals surface area contributed by atoms with Gasteiger partial charge in [0.2, 0.25) is 5.91 Å². The summed E-state index contributed by atoms with van der Waals surface area (Å²) in [6.07, 6.45) is 6.15. The van der Waals surface area contributed by atoms with E-state index in [0.717, 1.165) is 32.4 Å². The van der Waals surface area contributed by atoms with Crippen molar-refractivity contribution >= 4 is 21.6 Å². The topological polar surface area (TPSA) is 91.2 Å². The molecule has 0 radical (unpaired) electrons. The molecular weight excluding hydrogens is 388 g/mol. The average Bonchev–Trinajstić information content (AvgIpc) is 2.68. The maximum absolute atomic E-state index is 13.1. The van der Waals surface area contributed by atoms with Crippen LogP contribution in [0.5, 0.6) is 0 Å².